The molecule has 0 saturated carbocycles. The maximum Gasteiger partial charge on any atom is 0.357 e. The van der Waals surface area contributed by atoms with Crippen molar-refractivity contribution in [3.05, 3.63) is 35.9 Å². The van der Waals surface area contributed by atoms with Gasteiger partial charge in [-0.3, -0.25) is 9.36 Å². The third-order valence-electron chi connectivity index (χ3n) is 2.55. The number of alkyl halides is 3. The SMILES string of the molecule is CCOP(=O)(OCC)[C@H](NC(=O)c1ccccc1)C(Cl)(Cl)Cl. The van der Waals surface area contributed by atoms with E-state index in [1.54, 1.807) is 44.2 Å². The summed E-state index contributed by atoms with van der Waals surface area (Å²) in [5.74, 6) is -1.98. The van der Waals surface area contributed by atoms with Crippen molar-refractivity contribution in [3.63, 3.8) is 0 Å². The minimum Gasteiger partial charge on any atom is -0.334 e. The zero-order valence-electron chi connectivity index (χ0n) is 12.1. The second-order valence-electron chi connectivity index (χ2n) is 4.16. The summed E-state index contributed by atoms with van der Waals surface area (Å²) >= 11 is 17.6. The number of amides is 1. The lowest BCUT2D eigenvalue weighted by Gasteiger charge is -2.31. The molecule has 124 valence electrons. The van der Waals surface area contributed by atoms with E-state index in [0.29, 0.717) is 5.56 Å². The van der Waals surface area contributed by atoms with Crippen molar-refractivity contribution in [1.82, 2.24) is 5.32 Å². The minimum atomic E-state index is -3.85. The molecule has 0 fully saturated rings. The van der Waals surface area contributed by atoms with E-state index in [4.69, 9.17) is 43.9 Å². The van der Waals surface area contributed by atoms with Crippen molar-refractivity contribution in [2.75, 3.05) is 13.2 Å². The number of carbonyl (C=O) groups excluding carboxylic acids is 1. The van der Waals surface area contributed by atoms with Crippen LogP contribution < -0.4 is 5.32 Å². The molecule has 0 bridgehead atoms. The van der Waals surface area contributed by atoms with Gasteiger partial charge in [-0.1, -0.05) is 53.0 Å². The average Bonchev–Trinajstić information content (AvgIpc) is 2.44. The summed E-state index contributed by atoms with van der Waals surface area (Å²) in [6, 6.07) is 8.29. The molecule has 5 nitrogen and oxygen atoms in total. The van der Waals surface area contributed by atoms with Gasteiger partial charge in [-0.2, -0.15) is 0 Å². The molecule has 0 unspecified atom stereocenters. The summed E-state index contributed by atoms with van der Waals surface area (Å²) < 4.78 is 21.1. The molecule has 0 radical (unpaired) electrons. The number of nitrogens with one attached hydrogen (secondary N) is 1. The van der Waals surface area contributed by atoms with E-state index in [0.717, 1.165) is 0 Å². The van der Waals surface area contributed by atoms with Gasteiger partial charge < -0.3 is 14.4 Å². The van der Waals surface area contributed by atoms with Crippen molar-refractivity contribution in [1.29, 1.82) is 0 Å². The molecule has 0 saturated heterocycles. The Bertz CT molecular complexity index is 526. The minimum absolute atomic E-state index is 0.0791. The van der Waals surface area contributed by atoms with E-state index in [1.807, 2.05) is 0 Å². The van der Waals surface area contributed by atoms with Crippen molar-refractivity contribution < 1.29 is 18.4 Å². The fraction of sp³-hybridized carbons (Fsp3) is 0.462. The molecule has 1 aromatic rings. The molecule has 0 aromatic heterocycles. The highest BCUT2D eigenvalue weighted by atomic mass is 35.6. The zero-order chi connectivity index (χ0) is 16.8. The highest BCUT2D eigenvalue weighted by Crippen LogP contribution is 2.58. The molecular weight excluding hydrogens is 371 g/mol. The summed E-state index contributed by atoms with van der Waals surface area (Å²) in [6.45, 7) is 3.41. The van der Waals surface area contributed by atoms with Gasteiger partial charge in [-0.25, -0.2) is 0 Å². The van der Waals surface area contributed by atoms with Crippen LogP contribution in [0.3, 0.4) is 0 Å². The first-order valence-electron chi connectivity index (χ1n) is 6.56. The Morgan fingerprint density at radius 2 is 1.68 bits per heavy atom. The number of hydrogen-bond donors (Lipinski definition) is 1. The van der Waals surface area contributed by atoms with Gasteiger partial charge in [0.2, 0.25) is 3.79 Å². The smallest absolute Gasteiger partial charge is 0.334 e. The molecule has 0 aliphatic rings. The number of carbonyl (C=O) groups is 1. The van der Waals surface area contributed by atoms with Crippen LogP contribution in [0.2, 0.25) is 0 Å². The van der Waals surface area contributed by atoms with Crippen LogP contribution in [-0.4, -0.2) is 28.7 Å². The third-order valence-corrected chi connectivity index (χ3v) is 6.04. The summed E-state index contributed by atoms with van der Waals surface area (Å²) in [6.07, 6.45) is 0. The van der Waals surface area contributed by atoms with Gasteiger partial charge in [0.1, 0.15) is 0 Å². The van der Waals surface area contributed by atoms with Crippen LogP contribution in [0, 0.1) is 0 Å². The Balaban J connectivity index is 3.08. The zero-order valence-corrected chi connectivity index (χ0v) is 15.3. The van der Waals surface area contributed by atoms with Gasteiger partial charge in [0.15, 0.2) is 5.78 Å². The Morgan fingerprint density at radius 1 is 1.18 bits per heavy atom. The van der Waals surface area contributed by atoms with Crippen LogP contribution in [0.25, 0.3) is 0 Å². The molecule has 0 aliphatic heterocycles. The molecule has 0 heterocycles. The second kappa shape index (κ2) is 8.53. The van der Waals surface area contributed by atoms with E-state index in [1.165, 1.54) is 0 Å². The van der Waals surface area contributed by atoms with Gasteiger partial charge >= 0.3 is 7.60 Å². The van der Waals surface area contributed by atoms with Gasteiger partial charge in [0, 0.05) is 5.56 Å². The standard InChI is InChI=1S/C13H17Cl3NO4P/c1-3-20-22(19,21-4-2)12(13(14,15)16)17-11(18)10-8-6-5-7-9-10/h5-9,12H,3-4H2,1-2H3,(H,17,18)/t12-/m0/s1. The molecule has 1 N–H and O–H groups in total. The maximum atomic E-state index is 12.8. The predicted molar refractivity (Wildman–Crippen MR) is 88.8 cm³/mol. The first-order valence-corrected chi connectivity index (χ1v) is 9.30. The van der Waals surface area contributed by atoms with Gasteiger partial charge in [0.25, 0.3) is 5.91 Å². The Labute approximate surface area is 144 Å². The highest BCUT2D eigenvalue weighted by molar-refractivity contribution is 7.55. The van der Waals surface area contributed by atoms with E-state index in [-0.39, 0.29) is 13.2 Å². The van der Waals surface area contributed by atoms with E-state index in [9.17, 15) is 9.36 Å². The first-order chi connectivity index (χ1) is 10.2. The molecule has 1 rings (SSSR count). The molecule has 1 amide bonds. The van der Waals surface area contributed by atoms with Crippen LogP contribution in [0.1, 0.15) is 24.2 Å². The summed E-state index contributed by atoms with van der Waals surface area (Å²) in [4.78, 5) is 12.2. The fourth-order valence-corrected chi connectivity index (χ4v) is 4.65. The average molecular weight is 389 g/mol. The lowest BCUT2D eigenvalue weighted by molar-refractivity contribution is 0.0938. The first kappa shape index (κ1) is 19.8. The van der Waals surface area contributed by atoms with E-state index in [2.05, 4.69) is 5.32 Å². The number of rotatable bonds is 7. The fourth-order valence-electron chi connectivity index (χ4n) is 1.68. The van der Waals surface area contributed by atoms with Gasteiger partial charge in [0.05, 0.1) is 13.2 Å². The van der Waals surface area contributed by atoms with Crippen molar-refractivity contribution in [2.45, 2.75) is 23.4 Å². The molecule has 1 aromatic carbocycles. The monoisotopic (exact) mass is 387 g/mol. The Kier molecular flexibility index (Phi) is 7.66. The quantitative estimate of drug-likeness (QED) is 0.556. The molecule has 1 atom stereocenters. The summed E-state index contributed by atoms with van der Waals surface area (Å²) in [5, 5.41) is 2.44. The van der Waals surface area contributed by atoms with Crippen LogP contribution in [0.5, 0.6) is 0 Å². The number of hydrogen-bond acceptors (Lipinski definition) is 4. The normalized spacial score (nSPS) is 13.7. The Morgan fingerprint density at radius 3 is 2.09 bits per heavy atom. The maximum absolute atomic E-state index is 12.8. The molecule has 0 aliphatic carbocycles. The van der Waals surface area contributed by atoms with Crippen LogP contribution in [0.4, 0.5) is 0 Å². The van der Waals surface area contributed by atoms with E-state index >= 15 is 0 Å². The number of benzene rings is 1. The van der Waals surface area contributed by atoms with Crippen LogP contribution in [0.15, 0.2) is 30.3 Å². The van der Waals surface area contributed by atoms with Gasteiger partial charge in [-0.05, 0) is 26.0 Å². The number of halogens is 3. The largest absolute Gasteiger partial charge is 0.357 e. The van der Waals surface area contributed by atoms with Crippen LogP contribution >= 0.6 is 42.4 Å². The van der Waals surface area contributed by atoms with Gasteiger partial charge in [-0.15, -0.1) is 0 Å². The predicted octanol–water partition coefficient (Wildman–Crippen LogP) is 4.38. The molecule has 0 spiro atoms. The van der Waals surface area contributed by atoms with Crippen molar-refractivity contribution >= 4 is 48.3 Å². The summed E-state index contributed by atoms with van der Waals surface area (Å²) in [7, 11) is -3.85. The lowest BCUT2D eigenvalue weighted by Crippen LogP contribution is -2.44. The summed E-state index contributed by atoms with van der Waals surface area (Å²) in [5.41, 5.74) is 0.335. The topological polar surface area (TPSA) is 64.6 Å². The molecule has 22 heavy (non-hydrogen) atoms. The second-order valence-corrected chi connectivity index (χ2v) is 8.64. The third kappa shape index (κ3) is 5.41. The van der Waals surface area contributed by atoms with E-state index < -0.39 is 23.1 Å². The van der Waals surface area contributed by atoms with Crippen molar-refractivity contribution in [3.8, 4) is 0 Å². The molecular formula is C13H17Cl3NO4P. The van der Waals surface area contributed by atoms with Crippen LogP contribution in [-0.2, 0) is 13.6 Å². The van der Waals surface area contributed by atoms with Crippen molar-refractivity contribution in [2.24, 2.45) is 0 Å². The molecule has 9 heteroatoms. The Hall–Kier alpha value is -0.290. The lowest BCUT2D eigenvalue weighted by atomic mass is 10.2. The highest BCUT2D eigenvalue weighted by Gasteiger charge is 2.49.